The Bertz CT molecular complexity index is 77.0. The van der Waals surface area contributed by atoms with Crippen LogP contribution in [0.15, 0.2) is 0 Å². The van der Waals surface area contributed by atoms with Crippen LogP contribution in [-0.2, 0) is 0 Å². The molecule has 1 aliphatic rings. The summed E-state index contributed by atoms with van der Waals surface area (Å²) < 4.78 is 0. The first-order valence-corrected chi connectivity index (χ1v) is 3.67. The van der Waals surface area contributed by atoms with Gasteiger partial charge in [0.1, 0.15) is 0 Å². The summed E-state index contributed by atoms with van der Waals surface area (Å²) in [6.07, 6.45) is 3.86. The second-order valence-corrected chi connectivity index (χ2v) is 2.96. The molecule has 0 unspecified atom stereocenters. The predicted molar refractivity (Wildman–Crippen MR) is 37.0 cm³/mol. The van der Waals surface area contributed by atoms with Crippen molar-refractivity contribution in [2.45, 2.75) is 19.3 Å². The quantitative estimate of drug-likeness (QED) is 0.575. The van der Waals surface area contributed by atoms with Crippen molar-refractivity contribution in [1.82, 2.24) is 0 Å². The maximum absolute atomic E-state index is 8.72. The lowest BCUT2D eigenvalue weighted by atomic mass is 10.0. The maximum atomic E-state index is 8.72. The van der Waals surface area contributed by atoms with E-state index in [-0.39, 0.29) is 6.61 Å². The van der Waals surface area contributed by atoms with Crippen LogP contribution < -0.4 is 5.73 Å². The van der Waals surface area contributed by atoms with Gasteiger partial charge in [-0.2, -0.15) is 0 Å². The van der Waals surface area contributed by atoms with Crippen molar-refractivity contribution in [3.8, 4) is 0 Å². The number of rotatable bonds is 4. The van der Waals surface area contributed by atoms with E-state index < -0.39 is 0 Å². The Morgan fingerprint density at radius 1 is 1.56 bits per heavy atom. The van der Waals surface area contributed by atoms with E-state index >= 15 is 0 Å². The van der Waals surface area contributed by atoms with E-state index in [9.17, 15) is 0 Å². The highest BCUT2D eigenvalue weighted by molar-refractivity contribution is 4.76. The number of hydrogen-bond acceptors (Lipinski definition) is 2. The van der Waals surface area contributed by atoms with Gasteiger partial charge in [-0.05, 0) is 24.8 Å². The van der Waals surface area contributed by atoms with E-state index in [0.717, 1.165) is 12.3 Å². The normalized spacial score (nSPS) is 22.0. The molecule has 1 fully saturated rings. The minimum atomic E-state index is 0.271. The summed E-state index contributed by atoms with van der Waals surface area (Å²) in [6, 6.07) is 0. The van der Waals surface area contributed by atoms with Crippen molar-refractivity contribution in [1.29, 1.82) is 0 Å². The monoisotopic (exact) mass is 129 g/mol. The van der Waals surface area contributed by atoms with Crippen molar-refractivity contribution in [2.75, 3.05) is 13.2 Å². The topological polar surface area (TPSA) is 46.2 Å². The van der Waals surface area contributed by atoms with Gasteiger partial charge in [0.25, 0.3) is 0 Å². The van der Waals surface area contributed by atoms with Crippen LogP contribution in [0.4, 0.5) is 0 Å². The fourth-order valence-corrected chi connectivity index (χ4v) is 1.07. The largest absolute Gasteiger partial charge is 0.396 e. The van der Waals surface area contributed by atoms with Gasteiger partial charge in [0.2, 0.25) is 0 Å². The molecule has 9 heavy (non-hydrogen) atoms. The van der Waals surface area contributed by atoms with E-state index in [1.165, 1.54) is 12.8 Å². The first-order valence-electron chi connectivity index (χ1n) is 3.67. The summed E-state index contributed by atoms with van der Waals surface area (Å²) in [7, 11) is 0. The Kier molecular flexibility index (Phi) is 2.49. The molecule has 0 amide bonds. The fourth-order valence-electron chi connectivity index (χ4n) is 1.07. The molecule has 0 bridgehead atoms. The molecule has 0 heterocycles. The number of hydrogen-bond donors (Lipinski definition) is 2. The lowest BCUT2D eigenvalue weighted by Gasteiger charge is -2.08. The molecule has 1 aliphatic carbocycles. The number of nitrogens with two attached hydrogens (primary N) is 1. The Morgan fingerprint density at radius 2 is 2.22 bits per heavy atom. The molecule has 0 spiro atoms. The van der Waals surface area contributed by atoms with E-state index in [4.69, 9.17) is 10.8 Å². The summed E-state index contributed by atoms with van der Waals surface area (Å²) in [6.45, 7) is 0.917. The maximum Gasteiger partial charge on any atom is 0.0471 e. The fraction of sp³-hybridized carbons (Fsp3) is 1.00. The molecular formula is C7H15NO. The predicted octanol–water partition coefficient (Wildman–Crippen LogP) is 0.354. The SMILES string of the molecule is NC[C@H](CO)CC1CC1. The molecule has 1 rings (SSSR count). The minimum absolute atomic E-state index is 0.271. The molecule has 2 nitrogen and oxygen atoms in total. The van der Waals surface area contributed by atoms with Crippen LogP contribution in [0, 0.1) is 11.8 Å². The summed E-state index contributed by atoms with van der Waals surface area (Å²) in [5.41, 5.74) is 5.40. The third-order valence-electron chi connectivity index (χ3n) is 1.96. The zero-order chi connectivity index (χ0) is 6.69. The second kappa shape index (κ2) is 3.18. The van der Waals surface area contributed by atoms with Crippen LogP contribution in [0.2, 0.25) is 0 Å². The highest BCUT2D eigenvalue weighted by atomic mass is 16.3. The van der Waals surface area contributed by atoms with E-state index in [1.54, 1.807) is 0 Å². The van der Waals surface area contributed by atoms with Crippen LogP contribution in [0.3, 0.4) is 0 Å². The minimum Gasteiger partial charge on any atom is -0.396 e. The molecule has 2 heteroatoms. The van der Waals surface area contributed by atoms with Crippen LogP contribution in [0.5, 0.6) is 0 Å². The molecule has 54 valence electrons. The zero-order valence-corrected chi connectivity index (χ0v) is 5.71. The van der Waals surface area contributed by atoms with E-state index in [1.807, 2.05) is 0 Å². The zero-order valence-electron chi connectivity index (χ0n) is 5.71. The van der Waals surface area contributed by atoms with Crippen LogP contribution in [0.1, 0.15) is 19.3 Å². The smallest absolute Gasteiger partial charge is 0.0471 e. The standard InChI is InChI=1S/C7H15NO/c8-4-7(5-9)3-6-1-2-6/h6-7,9H,1-5,8H2/t7-/m1/s1. The van der Waals surface area contributed by atoms with Gasteiger partial charge in [-0.3, -0.25) is 0 Å². The van der Waals surface area contributed by atoms with E-state index in [2.05, 4.69) is 0 Å². The highest BCUT2D eigenvalue weighted by Crippen LogP contribution is 2.34. The lowest BCUT2D eigenvalue weighted by Crippen LogP contribution is -2.18. The summed E-state index contributed by atoms with van der Waals surface area (Å²) in [4.78, 5) is 0. The Hall–Kier alpha value is -0.0800. The number of aliphatic hydroxyl groups is 1. The van der Waals surface area contributed by atoms with Gasteiger partial charge >= 0.3 is 0 Å². The molecule has 1 atom stereocenters. The molecule has 0 aromatic carbocycles. The Morgan fingerprint density at radius 3 is 2.56 bits per heavy atom. The van der Waals surface area contributed by atoms with Gasteiger partial charge in [-0.1, -0.05) is 12.8 Å². The third-order valence-corrected chi connectivity index (χ3v) is 1.96. The average molecular weight is 129 g/mol. The van der Waals surface area contributed by atoms with Crippen molar-refractivity contribution >= 4 is 0 Å². The third kappa shape index (κ3) is 2.33. The lowest BCUT2D eigenvalue weighted by molar-refractivity contribution is 0.218. The average Bonchev–Trinajstić information content (AvgIpc) is 2.66. The van der Waals surface area contributed by atoms with Crippen molar-refractivity contribution < 1.29 is 5.11 Å². The van der Waals surface area contributed by atoms with Gasteiger partial charge in [0.05, 0.1) is 0 Å². The first-order chi connectivity index (χ1) is 4.36. The molecule has 0 aromatic rings. The van der Waals surface area contributed by atoms with Gasteiger partial charge in [-0.25, -0.2) is 0 Å². The van der Waals surface area contributed by atoms with Gasteiger partial charge in [0, 0.05) is 6.61 Å². The molecule has 3 N–H and O–H groups in total. The van der Waals surface area contributed by atoms with Crippen LogP contribution in [-0.4, -0.2) is 18.3 Å². The number of aliphatic hydroxyl groups excluding tert-OH is 1. The molecule has 1 saturated carbocycles. The second-order valence-electron chi connectivity index (χ2n) is 2.96. The van der Waals surface area contributed by atoms with E-state index in [0.29, 0.717) is 12.5 Å². The van der Waals surface area contributed by atoms with Crippen LogP contribution >= 0.6 is 0 Å². The highest BCUT2D eigenvalue weighted by Gasteiger charge is 2.24. The molecule has 0 saturated heterocycles. The van der Waals surface area contributed by atoms with Crippen molar-refractivity contribution in [3.63, 3.8) is 0 Å². The van der Waals surface area contributed by atoms with Gasteiger partial charge in [-0.15, -0.1) is 0 Å². The summed E-state index contributed by atoms with van der Waals surface area (Å²) in [5.74, 6) is 1.27. The van der Waals surface area contributed by atoms with Crippen molar-refractivity contribution in [3.05, 3.63) is 0 Å². The van der Waals surface area contributed by atoms with Crippen molar-refractivity contribution in [2.24, 2.45) is 17.6 Å². The van der Waals surface area contributed by atoms with Crippen LogP contribution in [0.25, 0.3) is 0 Å². The van der Waals surface area contributed by atoms with Gasteiger partial charge < -0.3 is 10.8 Å². The first kappa shape index (κ1) is 7.03. The molecular weight excluding hydrogens is 114 g/mol. The summed E-state index contributed by atoms with van der Waals surface area (Å²) >= 11 is 0. The Balaban J connectivity index is 2.05. The summed E-state index contributed by atoms with van der Waals surface area (Å²) in [5, 5.41) is 8.72. The van der Waals surface area contributed by atoms with Gasteiger partial charge in [0.15, 0.2) is 0 Å². The molecule has 0 aromatic heterocycles. The molecule has 0 radical (unpaired) electrons. The Labute approximate surface area is 56.1 Å². The molecule has 0 aliphatic heterocycles.